The lowest BCUT2D eigenvalue weighted by atomic mass is 10.1. The molecule has 1 aliphatic carbocycles. The van der Waals surface area contributed by atoms with Gasteiger partial charge in [-0.05, 0) is 38.0 Å². The van der Waals surface area contributed by atoms with Gasteiger partial charge in [0.05, 0.1) is 6.61 Å². The average Bonchev–Trinajstić information content (AvgIpc) is 3.35. The van der Waals surface area contributed by atoms with E-state index in [1.165, 1.54) is 0 Å². The largest absolute Gasteiger partial charge is 0.490 e. The Labute approximate surface area is 135 Å². The number of hydrogen-bond donors (Lipinski definition) is 1. The maximum Gasteiger partial charge on any atom is 0.341 e. The van der Waals surface area contributed by atoms with Crippen LogP contribution in [-0.2, 0) is 4.79 Å². The first kappa shape index (κ1) is 16.9. The van der Waals surface area contributed by atoms with Crippen molar-refractivity contribution < 1.29 is 24.2 Å². The van der Waals surface area contributed by atoms with Gasteiger partial charge in [0.2, 0.25) is 0 Å². The van der Waals surface area contributed by atoms with E-state index in [2.05, 4.69) is 6.58 Å². The highest BCUT2D eigenvalue weighted by Crippen LogP contribution is 2.32. The predicted molar refractivity (Wildman–Crippen MR) is 85.0 cm³/mol. The van der Waals surface area contributed by atoms with Crippen LogP contribution in [0.3, 0.4) is 0 Å². The van der Waals surface area contributed by atoms with Gasteiger partial charge >= 0.3 is 5.97 Å². The van der Waals surface area contributed by atoms with Crippen molar-refractivity contribution in [1.82, 2.24) is 4.90 Å². The number of rotatable bonds is 9. The van der Waals surface area contributed by atoms with Gasteiger partial charge in [-0.1, -0.05) is 6.08 Å². The Hall–Kier alpha value is -2.50. The quantitative estimate of drug-likeness (QED) is 0.707. The van der Waals surface area contributed by atoms with Crippen LogP contribution in [0.2, 0.25) is 0 Å². The van der Waals surface area contributed by atoms with E-state index < -0.39 is 12.6 Å². The summed E-state index contributed by atoms with van der Waals surface area (Å²) in [6.45, 7) is 5.94. The molecular formula is C17H21NO5. The lowest BCUT2D eigenvalue weighted by Gasteiger charge is -2.21. The van der Waals surface area contributed by atoms with Gasteiger partial charge in [0, 0.05) is 18.2 Å². The van der Waals surface area contributed by atoms with Gasteiger partial charge in [0.25, 0.3) is 5.91 Å². The minimum Gasteiger partial charge on any atom is -0.490 e. The third kappa shape index (κ3) is 4.48. The molecule has 1 saturated carbocycles. The van der Waals surface area contributed by atoms with Gasteiger partial charge in [-0.3, -0.25) is 4.79 Å². The van der Waals surface area contributed by atoms with E-state index in [9.17, 15) is 9.59 Å². The van der Waals surface area contributed by atoms with Crippen molar-refractivity contribution in [3.8, 4) is 11.5 Å². The number of carbonyl (C=O) groups is 2. The molecule has 0 bridgehead atoms. The van der Waals surface area contributed by atoms with Gasteiger partial charge < -0.3 is 19.5 Å². The van der Waals surface area contributed by atoms with Gasteiger partial charge in [-0.15, -0.1) is 6.58 Å². The summed E-state index contributed by atoms with van der Waals surface area (Å²) in [5, 5.41) is 8.70. The van der Waals surface area contributed by atoms with Crippen LogP contribution in [0.4, 0.5) is 0 Å². The lowest BCUT2D eigenvalue weighted by Crippen LogP contribution is -2.33. The average molecular weight is 319 g/mol. The van der Waals surface area contributed by atoms with Crippen LogP contribution in [0.1, 0.15) is 30.1 Å². The fourth-order valence-electron chi connectivity index (χ4n) is 2.26. The molecule has 23 heavy (non-hydrogen) atoms. The number of ether oxygens (including phenoxy) is 2. The van der Waals surface area contributed by atoms with Gasteiger partial charge in [-0.2, -0.15) is 0 Å². The second kappa shape index (κ2) is 7.67. The fraction of sp³-hybridized carbons (Fsp3) is 0.412. The Morgan fingerprint density at radius 1 is 1.35 bits per heavy atom. The van der Waals surface area contributed by atoms with Crippen LogP contribution in [0, 0.1) is 0 Å². The molecule has 0 spiro atoms. The first-order valence-electron chi connectivity index (χ1n) is 7.60. The molecule has 6 heteroatoms. The van der Waals surface area contributed by atoms with E-state index in [-0.39, 0.29) is 11.9 Å². The first-order valence-corrected chi connectivity index (χ1v) is 7.60. The molecular weight excluding hydrogens is 298 g/mol. The normalized spacial score (nSPS) is 13.3. The van der Waals surface area contributed by atoms with Crippen LogP contribution >= 0.6 is 0 Å². The van der Waals surface area contributed by atoms with Crippen molar-refractivity contribution in [3.63, 3.8) is 0 Å². The maximum absolute atomic E-state index is 12.6. The van der Waals surface area contributed by atoms with Crippen LogP contribution < -0.4 is 9.47 Å². The Morgan fingerprint density at radius 2 is 2.09 bits per heavy atom. The maximum atomic E-state index is 12.6. The molecule has 0 radical (unpaired) electrons. The van der Waals surface area contributed by atoms with Crippen molar-refractivity contribution in [1.29, 1.82) is 0 Å². The highest BCUT2D eigenvalue weighted by Gasteiger charge is 2.32. The Balaban J connectivity index is 2.21. The van der Waals surface area contributed by atoms with Gasteiger partial charge in [-0.25, -0.2) is 4.79 Å². The number of amides is 1. The standard InChI is InChI=1S/C17H21NO5/c1-3-9-18(13-6-7-13)17(21)12-5-8-14(23-11-16(19)20)15(10-12)22-4-2/h3,5,8,10,13H,1,4,6-7,9,11H2,2H3,(H,19,20). The zero-order chi connectivity index (χ0) is 16.8. The topological polar surface area (TPSA) is 76.1 Å². The van der Waals surface area contributed by atoms with Crippen molar-refractivity contribution in [3.05, 3.63) is 36.4 Å². The first-order chi connectivity index (χ1) is 11.1. The fourth-order valence-corrected chi connectivity index (χ4v) is 2.26. The Morgan fingerprint density at radius 3 is 2.65 bits per heavy atom. The molecule has 0 aliphatic heterocycles. The molecule has 2 rings (SSSR count). The van der Waals surface area contributed by atoms with Crippen LogP contribution in [0.15, 0.2) is 30.9 Å². The molecule has 0 unspecified atom stereocenters. The SMILES string of the molecule is C=CCN(C(=O)c1ccc(OCC(=O)O)c(OCC)c1)C1CC1. The zero-order valence-electron chi connectivity index (χ0n) is 13.2. The highest BCUT2D eigenvalue weighted by molar-refractivity contribution is 5.95. The van der Waals surface area contributed by atoms with E-state index in [1.807, 2.05) is 6.92 Å². The van der Waals surface area contributed by atoms with Crippen LogP contribution in [0.5, 0.6) is 11.5 Å². The van der Waals surface area contributed by atoms with Crippen molar-refractivity contribution in [2.75, 3.05) is 19.8 Å². The van der Waals surface area contributed by atoms with Gasteiger partial charge in [0.1, 0.15) is 0 Å². The molecule has 1 N–H and O–H groups in total. The molecule has 0 saturated heterocycles. The molecule has 1 aromatic rings. The summed E-state index contributed by atoms with van der Waals surface area (Å²) in [5.74, 6) is -0.474. The van der Waals surface area contributed by atoms with Gasteiger partial charge in [0.15, 0.2) is 18.1 Å². The van der Waals surface area contributed by atoms with Crippen molar-refractivity contribution >= 4 is 11.9 Å². The van der Waals surface area contributed by atoms with E-state index in [0.717, 1.165) is 12.8 Å². The molecule has 0 aromatic heterocycles. The number of carboxylic acid groups (broad SMARTS) is 1. The van der Waals surface area contributed by atoms with E-state index in [0.29, 0.717) is 30.2 Å². The second-order valence-electron chi connectivity index (χ2n) is 5.25. The Kier molecular flexibility index (Phi) is 5.62. The summed E-state index contributed by atoms with van der Waals surface area (Å²) in [6, 6.07) is 5.07. The predicted octanol–water partition coefficient (Wildman–Crippen LogP) is 2.34. The number of carbonyl (C=O) groups excluding carboxylic acids is 1. The summed E-state index contributed by atoms with van der Waals surface area (Å²) < 4.78 is 10.7. The number of benzene rings is 1. The highest BCUT2D eigenvalue weighted by atomic mass is 16.5. The minimum atomic E-state index is -1.07. The molecule has 1 amide bonds. The molecule has 0 heterocycles. The van der Waals surface area contributed by atoms with Crippen LogP contribution in [-0.4, -0.2) is 47.7 Å². The third-order valence-corrected chi connectivity index (χ3v) is 3.42. The summed E-state index contributed by atoms with van der Waals surface area (Å²) >= 11 is 0. The second-order valence-corrected chi connectivity index (χ2v) is 5.25. The third-order valence-electron chi connectivity index (χ3n) is 3.42. The molecule has 6 nitrogen and oxygen atoms in total. The summed E-state index contributed by atoms with van der Waals surface area (Å²) in [4.78, 5) is 25.0. The number of carboxylic acids is 1. The van der Waals surface area contributed by atoms with Crippen molar-refractivity contribution in [2.45, 2.75) is 25.8 Å². The van der Waals surface area contributed by atoms with E-state index >= 15 is 0 Å². The zero-order valence-corrected chi connectivity index (χ0v) is 13.2. The monoisotopic (exact) mass is 319 g/mol. The summed E-state index contributed by atoms with van der Waals surface area (Å²) in [5.41, 5.74) is 0.491. The minimum absolute atomic E-state index is 0.0851. The molecule has 0 atom stereocenters. The molecule has 1 fully saturated rings. The Bertz CT molecular complexity index is 595. The molecule has 124 valence electrons. The summed E-state index contributed by atoms with van der Waals surface area (Å²) in [6.07, 6.45) is 3.74. The number of nitrogens with zero attached hydrogens (tertiary/aromatic N) is 1. The molecule has 1 aliphatic rings. The van der Waals surface area contributed by atoms with Crippen LogP contribution in [0.25, 0.3) is 0 Å². The van der Waals surface area contributed by atoms with Crippen molar-refractivity contribution in [2.24, 2.45) is 0 Å². The molecule has 1 aromatic carbocycles. The smallest absolute Gasteiger partial charge is 0.341 e. The number of hydrogen-bond acceptors (Lipinski definition) is 4. The van der Waals surface area contributed by atoms with E-state index in [4.69, 9.17) is 14.6 Å². The number of aliphatic carboxylic acids is 1. The van der Waals surface area contributed by atoms with E-state index in [1.54, 1.807) is 29.2 Å². The summed E-state index contributed by atoms with van der Waals surface area (Å²) in [7, 11) is 0. The lowest BCUT2D eigenvalue weighted by molar-refractivity contribution is -0.139.